The molecule has 2 rings (SSSR count). The molecule has 2 nitrogen and oxygen atoms in total. The second kappa shape index (κ2) is 6.31. The Balaban J connectivity index is 2.18. The SMILES string of the molecule is CCC(CN)(CCc1scnc1C)c1ccccc1. The first-order chi connectivity index (χ1) is 9.22. The lowest BCUT2D eigenvalue weighted by atomic mass is 9.74. The van der Waals surface area contributed by atoms with Gasteiger partial charge in [0.25, 0.3) is 0 Å². The van der Waals surface area contributed by atoms with Crippen molar-refractivity contribution in [1.82, 2.24) is 4.98 Å². The van der Waals surface area contributed by atoms with Crippen LogP contribution in [0.15, 0.2) is 35.8 Å². The summed E-state index contributed by atoms with van der Waals surface area (Å²) >= 11 is 1.75. The molecule has 2 aromatic rings. The van der Waals surface area contributed by atoms with Gasteiger partial charge in [0.05, 0.1) is 11.2 Å². The summed E-state index contributed by atoms with van der Waals surface area (Å²) in [7, 11) is 0. The summed E-state index contributed by atoms with van der Waals surface area (Å²) in [6.45, 7) is 5.02. The zero-order chi connectivity index (χ0) is 13.7. The van der Waals surface area contributed by atoms with Gasteiger partial charge in [-0.2, -0.15) is 0 Å². The maximum Gasteiger partial charge on any atom is 0.0797 e. The van der Waals surface area contributed by atoms with Gasteiger partial charge in [-0.25, -0.2) is 4.98 Å². The highest BCUT2D eigenvalue weighted by Gasteiger charge is 2.28. The molecule has 0 radical (unpaired) electrons. The van der Waals surface area contributed by atoms with Crippen molar-refractivity contribution in [3.05, 3.63) is 52.0 Å². The predicted octanol–water partition coefficient (Wildman–Crippen LogP) is 3.69. The molecule has 19 heavy (non-hydrogen) atoms. The number of hydrogen-bond acceptors (Lipinski definition) is 3. The molecule has 0 fully saturated rings. The molecule has 0 amide bonds. The Bertz CT molecular complexity index is 500. The number of aryl methyl sites for hydroxylation is 2. The smallest absolute Gasteiger partial charge is 0.0797 e. The number of aromatic nitrogens is 1. The van der Waals surface area contributed by atoms with E-state index in [0.29, 0.717) is 6.54 Å². The first-order valence-electron chi connectivity index (χ1n) is 6.86. The van der Waals surface area contributed by atoms with E-state index in [1.54, 1.807) is 11.3 Å². The third-order valence-corrected chi connectivity index (χ3v) is 5.12. The minimum Gasteiger partial charge on any atom is -0.330 e. The highest BCUT2D eigenvalue weighted by molar-refractivity contribution is 7.09. The minimum atomic E-state index is 0.0949. The summed E-state index contributed by atoms with van der Waals surface area (Å²) in [5.41, 5.74) is 10.7. The average Bonchev–Trinajstić information content (AvgIpc) is 2.87. The molecule has 3 heteroatoms. The van der Waals surface area contributed by atoms with E-state index in [4.69, 9.17) is 5.73 Å². The molecule has 0 saturated carbocycles. The molecule has 1 unspecified atom stereocenters. The molecule has 0 saturated heterocycles. The van der Waals surface area contributed by atoms with Crippen LogP contribution in [-0.4, -0.2) is 11.5 Å². The van der Waals surface area contributed by atoms with Crippen LogP contribution < -0.4 is 5.73 Å². The molecule has 102 valence electrons. The van der Waals surface area contributed by atoms with Gasteiger partial charge in [-0.15, -0.1) is 11.3 Å². The number of thiazole rings is 1. The molecule has 0 aliphatic carbocycles. The van der Waals surface area contributed by atoms with Gasteiger partial charge in [-0.05, 0) is 31.7 Å². The lowest BCUT2D eigenvalue weighted by molar-refractivity contribution is 0.390. The van der Waals surface area contributed by atoms with Crippen LogP contribution in [0.3, 0.4) is 0 Å². The minimum absolute atomic E-state index is 0.0949. The van der Waals surface area contributed by atoms with Crippen LogP contribution in [0.1, 0.15) is 35.9 Å². The van der Waals surface area contributed by atoms with Crippen molar-refractivity contribution in [3.8, 4) is 0 Å². The van der Waals surface area contributed by atoms with Crippen molar-refractivity contribution in [1.29, 1.82) is 0 Å². The van der Waals surface area contributed by atoms with E-state index in [0.717, 1.165) is 19.3 Å². The fourth-order valence-electron chi connectivity index (χ4n) is 2.60. The first-order valence-corrected chi connectivity index (χ1v) is 7.74. The summed E-state index contributed by atoms with van der Waals surface area (Å²) in [6, 6.07) is 10.7. The molecule has 0 bridgehead atoms. The van der Waals surface area contributed by atoms with Crippen molar-refractivity contribution in [2.45, 2.75) is 38.5 Å². The lowest BCUT2D eigenvalue weighted by Gasteiger charge is -2.32. The number of nitrogens with zero attached hydrogens (tertiary/aromatic N) is 1. The molecular formula is C16H22N2S. The number of hydrogen-bond donors (Lipinski definition) is 1. The Morgan fingerprint density at radius 3 is 2.53 bits per heavy atom. The molecule has 1 heterocycles. The van der Waals surface area contributed by atoms with Crippen LogP contribution in [0.4, 0.5) is 0 Å². The summed E-state index contributed by atoms with van der Waals surface area (Å²) in [4.78, 5) is 5.72. The third kappa shape index (κ3) is 3.04. The molecule has 1 aromatic heterocycles. The van der Waals surface area contributed by atoms with E-state index in [-0.39, 0.29) is 5.41 Å². The molecule has 0 aliphatic rings. The van der Waals surface area contributed by atoms with Gasteiger partial charge in [0.1, 0.15) is 0 Å². The molecule has 0 spiro atoms. The van der Waals surface area contributed by atoms with Crippen LogP contribution in [-0.2, 0) is 11.8 Å². The second-order valence-electron chi connectivity index (χ2n) is 5.06. The maximum absolute atomic E-state index is 6.12. The fraction of sp³-hybridized carbons (Fsp3) is 0.438. The van der Waals surface area contributed by atoms with Gasteiger partial charge < -0.3 is 5.73 Å². The van der Waals surface area contributed by atoms with Gasteiger partial charge in [0, 0.05) is 16.8 Å². The van der Waals surface area contributed by atoms with Gasteiger partial charge >= 0.3 is 0 Å². The number of rotatable bonds is 6. The topological polar surface area (TPSA) is 38.9 Å². The standard InChI is InChI=1S/C16H22N2S/c1-3-16(11-17,14-7-5-4-6-8-14)10-9-15-13(2)18-12-19-15/h4-8,12H,3,9-11,17H2,1-2H3. The van der Waals surface area contributed by atoms with Gasteiger partial charge in [-0.1, -0.05) is 37.3 Å². The van der Waals surface area contributed by atoms with Crippen molar-refractivity contribution in [2.24, 2.45) is 5.73 Å². The Hall–Kier alpha value is -1.19. The highest BCUT2D eigenvalue weighted by Crippen LogP contribution is 2.33. The quantitative estimate of drug-likeness (QED) is 0.872. The van der Waals surface area contributed by atoms with Crippen molar-refractivity contribution in [3.63, 3.8) is 0 Å². The number of benzene rings is 1. The van der Waals surface area contributed by atoms with Crippen LogP contribution in [0, 0.1) is 6.92 Å². The van der Waals surface area contributed by atoms with Gasteiger partial charge in [-0.3, -0.25) is 0 Å². The Morgan fingerprint density at radius 2 is 2.00 bits per heavy atom. The van der Waals surface area contributed by atoms with E-state index < -0.39 is 0 Å². The third-order valence-electron chi connectivity index (χ3n) is 4.13. The summed E-state index contributed by atoms with van der Waals surface area (Å²) in [5.74, 6) is 0. The van der Waals surface area contributed by atoms with Crippen molar-refractivity contribution < 1.29 is 0 Å². The Morgan fingerprint density at radius 1 is 1.26 bits per heavy atom. The largest absolute Gasteiger partial charge is 0.330 e. The second-order valence-corrected chi connectivity index (χ2v) is 6.00. The van der Waals surface area contributed by atoms with Crippen LogP contribution in [0.5, 0.6) is 0 Å². The summed E-state index contributed by atoms with van der Waals surface area (Å²) in [6.07, 6.45) is 3.23. The van der Waals surface area contributed by atoms with E-state index >= 15 is 0 Å². The van der Waals surface area contributed by atoms with Crippen LogP contribution >= 0.6 is 11.3 Å². The first kappa shape index (κ1) is 14.2. The lowest BCUT2D eigenvalue weighted by Crippen LogP contribution is -2.35. The molecule has 0 aliphatic heterocycles. The van der Waals surface area contributed by atoms with E-state index in [1.807, 2.05) is 5.51 Å². The van der Waals surface area contributed by atoms with Gasteiger partial charge in [0.2, 0.25) is 0 Å². The number of nitrogens with two attached hydrogens (primary N) is 1. The Kier molecular flexibility index (Phi) is 4.72. The monoisotopic (exact) mass is 274 g/mol. The molecule has 1 aromatic carbocycles. The highest BCUT2D eigenvalue weighted by atomic mass is 32.1. The van der Waals surface area contributed by atoms with Crippen molar-refractivity contribution >= 4 is 11.3 Å². The maximum atomic E-state index is 6.12. The predicted molar refractivity (Wildman–Crippen MR) is 82.6 cm³/mol. The van der Waals surface area contributed by atoms with Crippen molar-refractivity contribution in [2.75, 3.05) is 6.54 Å². The zero-order valence-corrected chi connectivity index (χ0v) is 12.5. The summed E-state index contributed by atoms with van der Waals surface area (Å²) in [5, 5.41) is 0. The van der Waals surface area contributed by atoms with Gasteiger partial charge in [0.15, 0.2) is 0 Å². The van der Waals surface area contributed by atoms with E-state index in [9.17, 15) is 0 Å². The zero-order valence-electron chi connectivity index (χ0n) is 11.7. The molecule has 1 atom stereocenters. The summed E-state index contributed by atoms with van der Waals surface area (Å²) < 4.78 is 0. The normalized spacial score (nSPS) is 14.3. The van der Waals surface area contributed by atoms with Crippen LogP contribution in [0.25, 0.3) is 0 Å². The molecule has 2 N–H and O–H groups in total. The van der Waals surface area contributed by atoms with Crippen LogP contribution in [0.2, 0.25) is 0 Å². The van der Waals surface area contributed by atoms with E-state index in [2.05, 4.69) is 49.2 Å². The molecular weight excluding hydrogens is 252 g/mol. The van der Waals surface area contributed by atoms with E-state index in [1.165, 1.54) is 16.1 Å². The fourth-order valence-corrected chi connectivity index (χ4v) is 3.38. The Labute approximate surface area is 119 Å². The average molecular weight is 274 g/mol.